The molecule has 5 nitrogen and oxygen atoms in total. The molecule has 2 N–H and O–H groups in total. The Morgan fingerprint density at radius 3 is 3.05 bits per heavy atom. The van der Waals surface area contributed by atoms with E-state index >= 15 is 0 Å². The number of aromatic nitrogens is 2. The fourth-order valence-electron chi connectivity index (χ4n) is 2.57. The van der Waals surface area contributed by atoms with Crippen molar-refractivity contribution in [2.45, 2.75) is 25.9 Å². The van der Waals surface area contributed by atoms with Crippen LogP contribution < -0.4 is 5.32 Å². The highest BCUT2D eigenvalue weighted by atomic mass is 35.5. The number of halogens is 2. The van der Waals surface area contributed by atoms with Crippen molar-refractivity contribution >= 4 is 34.8 Å². The van der Waals surface area contributed by atoms with Gasteiger partial charge in [0.1, 0.15) is 0 Å². The summed E-state index contributed by atoms with van der Waals surface area (Å²) >= 11 is 12.0. The normalized spacial score (nSPS) is 16.1. The van der Waals surface area contributed by atoms with E-state index in [4.69, 9.17) is 23.2 Å². The second kappa shape index (κ2) is 6.28. The Kier molecular flexibility index (Phi) is 4.38. The van der Waals surface area contributed by atoms with Gasteiger partial charge in [0.2, 0.25) is 5.91 Å². The van der Waals surface area contributed by atoms with E-state index in [0.29, 0.717) is 15.7 Å². The van der Waals surface area contributed by atoms with Gasteiger partial charge in [-0.15, -0.1) is 0 Å². The Hall–Kier alpha value is -1.56. The number of benzene rings is 1. The van der Waals surface area contributed by atoms with Crippen LogP contribution in [0.25, 0.3) is 0 Å². The molecule has 3 rings (SSSR count). The van der Waals surface area contributed by atoms with Crippen molar-refractivity contribution < 1.29 is 4.79 Å². The van der Waals surface area contributed by atoms with Crippen LogP contribution in [-0.2, 0) is 17.8 Å². The number of H-pyrrole nitrogens is 1. The first kappa shape index (κ1) is 15.3. The van der Waals surface area contributed by atoms with Gasteiger partial charge in [-0.3, -0.25) is 14.8 Å². The second-order valence-corrected chi connectivity index (χ2v) is 6.23. The fraction of sp³-hybridized carbons (Fsp3) is 0.333. The Morgan fingerprint density at radius 1 is 1.45 bits per heavy atom. The molecule has 116 valence electrons. The van der Waals surface area contributed by atoms with E-state index in [9.17, 15) is 4.79 Å². The molecule has 22 heavy (non-hydrogen) atoms. The molecule has 0 spiro atoms. The molecule has 7 heteroatoms. The Morgan fingerprint density at radius 2 is 2.27 bits per heavy atom. The molecule has 0 saturated carbocycles. The standard InChI is InChI=1S/C15H16Cl2N4O/c1-9(21-5-4-13-10(8-21)7-18-20-13)15(22)19-14-3-2-11(16)6-12(14)17/h2-3,6-7,9H,4-5,8H2,1H3,(H,18,20)(H,19,22). The molecule has 1 aliphatic heterocycles. The predicted octanol–water partition coefficient (Wildman–Crippen LogP) is 3.10. The third-order valence-corrected chi connectivity index (χ3v) is 4.49. The Labute approximate surface area is 138 Å². The van der Waals surface area contributed by atoms with Crippen LogP contribution in [0.4, 0.5) is 5.69 Å². The molecule has 0 aliphatic carbocycles. The first-order valence-corrected chi connectivity index (χ1v) is 7.81. The van der Waals surface area contributed by atoms with Crippen LogP contribution in [0.2, 0.25) is 10.0 Å². The molecule has 1 atom stereocenters. The molecule has 1 aromatic carbocycles. The molecular weight excluding hydrogens is 323 g/mol. The molecule has 1 unspecified atom stereocenters. The summed E-state index contributed by atoms with van der Waals surface area (Å²) in [5.41, 5.74) is 2.88. The first-order chi connectivity index (χ1) is 10.5. The van der Waals surface area contributed by atoms with Crippen molar-refractivity contribution in [1.29, 1.82) is 0 Å². The summed E-state index contributed by atoms with van der Waals surface area (Å²) in [4.78, 5) is 14.6. The molecular formula is C15H16Cl2N4O. The first-order valence-electron chi connectivity index (χ1n) is 7.05. The highest BCUT2D eigenvalue weighted by Crippen LogP contribution is 2.26. The lowest BCUT2D eigenvalue weighted by atomic mass is 10.1. The number of rotatable bonds is 3. The van der Waals surface area contributed by atoms with Gasteiger partial charge >= 0.3 is 0 Å². The summed E-state index contributed by atoms with van der Waals surface area (Å²) in [7, 11) is 0. The van der Waals surface area contributed by atoms with Crippen LogP contribution in [0.15, 0.2) is 24.4 Å². The third kappa shape index (κ3) is 3.11. The molecule has 1 aromatic heterocycles. The third-order valence-electron chi connectivity index (χ3n) is 3.95. The van der Waals surface area contributed by atoms with Crippen molar-refractivity contribution in [2.75, 3.05) is 11.9 Å². The van der Waals surface area contributed by atoms with Gasteiger partial charge in [0.15, 0.2) is 0 Å². The summed E-state index contributed by atoms with van der Waals surface area (Å²) in [6, 6.07) is 4.77. The lowest BCUT2D eigenvalue weighted by Gasteiger charge is -2.31. The predicted molar refractivity (Wildman–Crippen MR) is 87.3 cm³/mol. The summed E-state index contributed by atoms with van der Waals surface area (Å²) in [5.74, 6) is -0.0869. The lowest BCUT2D eigenvalue weighted by molar-refractivity contribution is -0.121. The van der Waals surface area contributed by atoms with E-state index in [0.717, 1.165) is 30.8 Å². The number of hydrogen-bond acceptors (Lipinski definition) is 3. The van der Waals surface area contributed by atoms with E-state index in [1.54, 1.807) is 18.2 Å². The largest absolute Gasteiger partial charge is 0.323 e. The number of aromatic amines is 1. The fourth-order valence-corrected chi connectivity index (χ4v) is 3.02. The number of amides is 1. The molecule has 1 amide bonds. The van der Waals surface area contributed by atoms with Gasteiger partial charge in [-0.25, -0.2) is 0 Å². The van der Waals surface area contributed by atoms with Crippen LogP contribution >= 0.6 is 23.2 Å². The van der Waals surface area contributed by atoms with Gasteiger partial charge in [0, 0.05) is 35.8 Å². The SMILES string of the molecule is CC(C(=O)Nc1ccc(Cl)cc1Cl)N1CCc2[nH]ncc2C1. The number of carbonyl (C=O) groups excluding carboxylic acids is 1. The van der Waals surface area contributed by atoms with Crippen molar-refractivity contribution in [1.82, 2.24) is 15.1 Å². The average Bonchev–Trinajstić information content (AvgIpc) is 2.96. The molecule has 0 radical (unpaired) electrons. The van der Waals surface area contributed by atoms with Gasteiger partial charge in [0.25, 0.3) is 0 Å². The zero-order valence-electron chi connectivity index (χ0n) is 12.1. The van der Waals surface area contributed by atoms with Gasteiger partial charge in [0.05, 0.1) is 22.9 Å². The summed E-state index contributed by atoms with van der Waals surface area (Å²) in [6.45, 7) is 3.43. The van der Waals surface area contributed by atoms with E-state index < -0.39 is 0 Å². The Balaban J connectivity index is 1.67. The monoisotopic (exact) mass is 338 g/mol. The highest BCUT2D eigenvalue weighted by Gasteiger charge is 2.26. The maximum atomic E-state index is 12.4. The van der Waals surface area contributed by atoms with Crippen LogP contribution in [0.1, 0.15) is 18.2 Å². The van der Waals surface area contributed by atoms with E-state index in [2.05, 4.69) is 20.4 Å². The van der Waals surface area contributed by atoms with Gasteiger partial charge < -0.3 is 5.32 Å². The van der Waals surface area contributed by atoms with Crippen LogP contribution in [0.5, 0.6) is 0 Å². The smallest absolute Gasteiger partial charge is 0.241 e. The minimum Gasteiger partial charge on any atom is -0.323 e. The molecule has 0 bridgehead atoms. The molecule has 2 heterocycles. The molecule has 0 fully saturated rings. The number of hydrogen-bond donors (Lipinski definition) is 2. The molecule has 2 aromatic rings. The molecule has 1 aliphatic rings. The van der Waals surface area contributed by atoms with Crippen LogP contribution in [-0.4, -0.2) is 33.6 Å². The van der Waals surface area contributed by atoms with E-state index in [-0.39, 0.29) is 11.9 Å². The second-order valence-electron chi connectivity index (χ2n) is 5.38. The number of nitrogens with zero attached hydrogens (tertiary/aromatic N) is 2. The number of fused-ring (bicyclic) bond motifs is 1. The quantitative estimate of drug-likeness (QED) is 0.903. The van der Waals surface area contributed by atoms with Crippen molar-refractivity contribution in [3.63, 3.8) is 0 Å². The highest BCUT2D eigenvalue weighted by molar-refractivity contribution is 6.36. The summed E-state index contributed by atoms with van der Waals surface area (Å²) in [5, 5.41) is 10.9. The van der Waals surface area contributed by atoms with Crippen LogP contribution in [0.3, 0.4) is 0 Å². The number of anilines is 1. The zero-order valence-corrected chi connectivity index (χ0v) is 13.6. The summed E-state index contributed by atoms with van der Waals surface area (Å²) in [6.07, 6.45) is 2.69. The number of carbonyl (C=O) groups is 1. The number of nitrogens with one attached hydrogen (secondary N) is 2. The van der Waals surface area contributed by atoms with Crippen molar-refractivity contribution in [2.24, 2.45) is 0 Å². The van der Waals surface area contributed by atoms with Crippen molar-refractivity contribution in [3.05, 3.63) is 45.7 Å². The van der Waals surface area contributed by atoms with Crippen molar-refractivity contribution in [3.8, 4) is 0 Å². The molecule has 0 saturated heterocycles. The van der Waals surface area contributed by atoms with Gasteiger partial charge in [-0.1, -0.05) is 23.2 Å². The average molecular weight is 339 g/mol. The summed E-state index contributed by atoms with van der Waals surface area (Å²) < 4.78 is 0. The van der Waals surface area contributed by atoms with E-state index in [1.807, 2.05) is 13.1 Å². The Bertz CT molecular complexity index is 701. The maximum absolute atomic E-state index is 12.4. The minimum absolute atomic E-state index is 0.0869. The lowest BCUT2D eigenvalue weighted by Crippen LogP contribution is -2.44. The topological polar surface area (TPSA) is 61.0 Å². The minimum atomic E-state index is -0.255. The van der Waals surface area contributed by atoms with Gasteiger partial charge in [-0.2, -0.15) is 5.10 Å². The van der Waals surface area contributed by atoms with Gasteiger partial charge in [-0.05, 0) is 25.1 Å². The zero-order chi connectivity index (χ0) is 15.7. The van der Waals surface area contributed by atoms with Crippen LogP contribution in [0, 0.1) is 0 Å². The van der Waals surface area contributed by atoms with E-state index in [1.165, 1.54) is 0 Å². The maximum Gasteiger partial charge on any atom is 0.241 e.